The first-order chi connectivity index (χ1) is 16.4. The average molecular weight is 662 g/mol. The van der Waals surface area contributed by atoms with Crippen LogP contribution in [0.3, 0.4) is 0 Å². The number of methoxy groups -OCH3 is 1. The molecule has 0 aliphatic rings. The van der Waals surface area contributed by atoms with E-state index in [1.165, 1.54) is 0 Å². The third-order valence-electron chi connectivity index (χ3n) is 5.51. The Morgan fingerprint density at radius 2 is 0.912 bits per heavy atom. The van der Waals surface area contributed by atoms with Crippen molar-refractivity contribution < 1.29 is 31.8 Å². The van der Waals surface area contributed by atoms with Crippen LogP contribution in [-0.4, -0.2) is 31.8 Å². The number of rotatable bonds is 6. The molecule has 0 heterocycles. The molecule has 3 nitrogen and oxygen atoms in total. The molecule has 4 aromatic rings. The second-order valence-electron chi connectivity index (χ2n) is 7.36. The molecule has 0 bridgehead atoms. The van der Waals surface area contributed by atoms with E-state index >= 15 is 0 Å². The molecule has 34 heavy (non-hydrogen) atoms. The van der Waals surface area contributed by atoms with Crippen LogP contribution in [0.5, 0.6) is 11.5 Å². The van der Waals surface area contributed by atoms with E-state index < -0.39 is 59.5 Å². The maximum atomic E-state index is 14.7. The third kappa shape index (κ3) is 3.98. The topological polar surface area (TPSA) is 35.5 Å². The van der Waals surface area contributed by atoms with Gasteiger partial charge in [0.15, 0.2) is 0 Å². The molecule has 0 N–H and O–H groups in total. The van der Waals surface area contributed by atoms with Crippen molar-refractivity contribution in [2.75, 3.05) is 7.11 Å². The molecule has 0 saturated carbocycles. The van der Waals surface area contributed by atoms with Gasteiger partial charge in [-0.15, -0.1) is 0 Å². The SMILES string of the molecule is COc1c(F)c(F)c(O[C](=O)[Pb]([c]2ccccc2)([c]2ccccc2)[c]2ccccc2)c(F)c1F. The van der Waals surface area contributed by atoms with Crippen molar-refractivity contribution in [2.24, 2.45) is 0 Å². The summed E-state index contributed by atoms with van der Waals surface area (Å²) in [4.78, 5) is 14.0. The van der Waals surface area contributed by atoms with Crippen molar-refractivity contribution in [3.8, 4) is 11.5 Å². The predicted molar refractivity (Wildman–Crippen MR) is 123 cm³/mol. The van der Waals surface area contributed by atoms with E-state index in [0.29, 0.717) is 9.37 Å². The number of benzene rings is 4. The number of carbonyl (C=O) groups is 1. The number of halogens is 4. The number of ether oxygens (including phenoxy) is 2. The summed E-state index contributed by atoms with van der Waals surface area (Å²) >= 11 is -5.03. The zero-order valence-electron chi connectivity index (χ0n) is 17.9. The quantitative estimate of drug-likeness (QED) is 0.174. The molecule has 4 aromatic carbocycles. The first kappa shape index (κ1) is 23.9. The Kier molecular flexibility index (Phi) is 7.01. The van der Waals surface area contributed by atoms with Gasteiger partial charge in [0, 0.05) is 0 Å². The van der Waals surface area contributed by atoms with Crippen molar-refractivity contribution in [2.45, 2.75) is 0 Å². The van der Waals surface area contributed by atoms with Gasteiger partial charge in [-0.3, -0.25) is 0 Å². The fourth-order valence-electron chi connectivity index (χ4n) is 3.95. The summed E-state index contributed by atoms with van der Waals surface area (Å²) in [7, 11) is 0.869. The Balaban J connectivity index is 1.99. The van der Waals surface area contributed by atoms with Crippen molar-refractivity contribution in [3.05, 3.63) is 114 Å². The van der Waals surface area contributed by atoms with Crippen LogP contribution in [0.2, 0.25) is 0 Å². The van der Waals surface area contributed by atoms with Crippen molar-refractivity contribution in [3.63, 3.8) is 0 Å². The van der Waals surface area contributed by atoms with E-state index in [4.69, 9.17) is 4.74 Å². The van der Waals surface area contributed by atoms with E-state index in [1.807, 2.05) is 0 Å². The summed E-state index contributed by atoms with van der Waals surface area (Å²) in [6.45, 7) is 0. The Morgan fingerprint density at radius 1 is 0.588 bits per heavy atom. The van der Waals surface area contributed by atoms with Crippen LogP contribution in [0.15, 0.2) is 91.0 Å². The molecule has 4 rings (SSSR count). The Labute approximate surface area is 198 Å². The average Bonchev–Trinajstić information content (AvgIpc) is 2.88. The van der Waals surface area contributed by atoms with Gasteiger partial charge in [-0.1, -0.05) is 0 Å². The minimum atomic E-state index is -5.03. The molecule has 0 fully saturated rings. The molecule has 0 unspecified atom stereocenters. The standard InChI is InChI=1S/C8H3F4O3.3C6H5.Pb/c1-14-7-3(9)5(11)8(15-2-13)6(12)4(7)10;3*1-2-4-6-5-3-1;/h1H3;3*1-5H;. The zero-order valence-corrected chi connectivity index (χ0v) is 21.8. The van der Waals surface area contributed by atoms with E-state index in [2.05, 4.69) is 4.74 Å². The second-order valence-corrected chi connectivity index (χ2v) is 21.5. The predicted octanol–water partition coefficient (Wildman–Crippen LogP) is 4.50. The van der Waals surface area contributed by atoms with E-state index in [1.54, 1.807) is 91.0 Å². The summed E-state index contributed by atoms with van der Waals surface area (Å²) in [5.41, 5.74) is 0. The van der Waals surface area contributed by atoms with Gasteiger partial charge < -0.3 is 0 Å². The number of hydrogen-bond acceptors (Lipinski definition) is 3. The van der Waals surface area contributed by atoms with Crippen LogP contribution in [0.1, 0.15) is 0 Å². The molecule has 0 saturated heterocycles. The van der Waals surface area contributed by atoms with Crippen LogP contribution in [-0.2, 0) is 0 Å². The number of carbonyl (C=O) groups excluding carboxylic acids is 1. The van der Waals surface area contributed by atoms with Crippen LogP contribution < -0.4 is 18.8 Å². The summed E-state index contributed by atoms with van der Waals surface area (Å²) in [6.07, 6.45) is 0. The van der Waals surface area contributed by atoms with Gasteiger partial charge in [0.2, 0.25) is 0 Å². The minimum absolute atomic E-state index is 0.646. The fourth-order valence-corrected chi connectivity index (χ4v) is 19.7. The van der Waals surface area contributed by atoms with E-state index in [-0.39, 0.29) is 0 Å². The Hall–Kier alpha value is -3.21. The van der Waals surface area contributed by atoms with E-state index in [9.17, 15) is 22.4 Å². The van der Waals surface area contributed by atoms with Gasteiger partial charge >= 0.3 is 199 Å². The normalized spacial score (nSPS) is 11.2. The van der Waals surface area contributed by atoms with Gasteiger partial charge in [-0.05, 0) is 0 Å². The summed E-state index contributed by atoms with van der Waals surface area (Å²) in [6, 6.07) is 26.3. The molecule has 172 valence electrons. The van der Waals surface area contributed by atoms with E-state index in [0.717, 1.165) is 7.11 Å². The fraction of sp³-hybridized carbons (Fsp3) is 0.0385. The monoisotopic (exact) mass is 662 g/mol. The molecular formula is C26H18F4O3Pb. The molecule has 0 atom stereocenters. The first-order valence-electron chi connectivity index (χ1n) is 10.2. The van der Waals surface area contributed by atoms with Gasteiger partial charge in [0.05, 0.1) is 0 Å². The Morgan fingerprint density at radius 3 is 1.24 bits per heavy atom. The van der Waals surface area contributed by atoms with Gasteiger partial charge in [-0.25, -0.2) is 0 Å². The van der Waals surface area contributed by atoms with Gasteiger partial charge in [-0.2, -0.15) is 0 Å². The summed E-state index contributed by atoms with van der Waals surface area (Å²) in [5, 5.41) is 0. The van der Waals surface area contributed by atoms with Gasteiger partial charge in [0.25, 0.3) is 0 Å². The maximum absolute atomic E-state index is 14.7. The Bertz CT molecular complexity index is 1190. The first-order valence-corrected chi connectivity index (χ1v) is 18.0. The molecule has 0 aliphatic carbocycles. The van der Waals surface area contributed by atoms with Crippen LogP contribution in [0.4, 0.5) is 22.4 Å². The van der Waals surface area contributed by atoms with Crippen LogP contribution in [0.25, 0.3) is 0 Å². The van der Waals surface area contributed by atoms with Crippen molar-refractivity contribution in [1.82, 2.24) is 0 Å². The molecule has 0 radical (unpaired) electrons. The molecule has 0 aliphatic heterocycles. The van der Waals surface area contributed by atoms with Crippen LogP contribution >= 0.6 is 0 Å². The second kappa shape index (κ2) is 9.96. The summed E-state index contributed by atoms with van der Waals surface area (Å²) < 4.78 is 68.8. The summed E-state index contributed by atoms with van der Waals surface area (Å²) in [5.74, 6) is -9.94. The molecule has 0 spiro atoms. The zero-order chi connectivity index (χ0) is 24.3. The molecule has 0 aromatic heterocycles. The van der Waals surface area contributed by atoms with Gasteiger partial charge in [0.1, 0.15) is 0 Å². The van der Waals surface area contributed by atoms with Crippen molar-refractivity contribution in [1.29, 1.82) is 0 Å². The third-order valence-corrected chi connectivity index (χ3v) is 22.3. The molecular weight excluding hydrogens is 643 g/mol. The molecule has 8 heteroatoms. The van der Waals surface area contributed by atoms with Crippen molar-refractivity contribution >= 4 is 34.1 Å². The van der Waals surface area contributed by atoms with Crippen LogP contribution in [0, 0.1) is 23.3 Å². The number of hydrogen-bond donors (Lipinski definition) is 0. The molecule has 0 amide bonds.